The summed E-state index contributed by atoms with van der Waals surface area (Å²) in [4.78, 5) is 14.4. The Morgan fingerprint density at radius 1 is 1.24 bits per heavy atom. The number of carbonyl (C=O) groups is 1. The average Bonchev–Trinajstić information content (AvgIpc) is 2.80. The fourth-order valence-corrected chi connectivity index (χ4v) is 4.08. The first kappa shape index (κ1) is 25.3. The number of hydrogen-bond acceptors (Lipinski definition) is 6. The number of carboxylic acids is 1. The normalized spacial score (nSPS) is 15.9. The van der Waals surface area contributed by atoms with Crippen LogP contribution in [0.25, 0.3) is 0 Å². The van der Waals surface area contributed by atoms with Crippen molar-refractivity contribution in [3.8, 4) is 11.5 Å². The maximum atomic E-state index is 15.6. The molecule has 8 nitrogen and oxygen atoms in total. The van der Waals surface area contributed by atoms with E-state index >= 15 is 4.39 Å². The maximum absolute atomic E-state index is 15.6. The Labute approximate surface area is 199 Å². The van der Waals surface area contributed by atoms with Crippen molar-refractivity contribution in [2.45, 2.75) is 45.3 Å². The van der Waals surface area contributed by atoms with Gasteiger partial charge in [-0.05, 0) is 70.1 Å². The number of halogens is 1. The molecule has 9 heteroatoms. The molecule has 1 fully saturated rings. The van der Waals surface area contributed by atoms with Crippen LogP contribution < -0.4 is 20.5 Å². The van der Waals surface area contributed by atoms with Gasteiger partial charge in [0, 0.05) is 29.4 Å². The van der Waals surface area contributed by atoms with Gasteiger partial charge >= 0.3 is 5.97 Å². The van der Waals surface area contributed by atoms with Crippen molar-refractivity contribution in [3.05, 3.63) is 53.3 Å². The van der Waals surface area contributed by atoms with Crippen LogP contribution in [0.1, 0.15) is 50.3 Å². The van der Waals surface area contributed by atoms with E-state index in [1.54, 1.807) is 31.2 Å². The number of amidine groups is 1. The molecule has 0 spiro atoms. The van der Waals surface area contributed by atoms with E-state index in [9.17, 15) is 9.90 Å². The topological polar surface area (TPSA) is 121 Å². The number of hydrogen-bond donors (Lipinski definition) is 4. The molecule has 1 aliphatic heterocycles. The molecule has 1 unspecified atom stereocenters. The summed E-state index contributed by atoms with van der Waals surface area (Å²) in [6.45, 7) is 6.67. The van der Waals surface area contributed by atoms with Crippen molar-refractivity contribution in [2.75, 3.05) is 31.6 Å². The number of rotatable bonds is 11. The number of benzene rings is 2. The Balaban J connectivity index is 1.86. The molecule has 0 saturated carbocycles. The van der Waals surface area contributed by atoms with Crippen LogP contribution >= 0.6 is 0 Å². The largest absolute Gasteiger partial charge is 0.494 e. The van der Waals surface area contributed by atoms with Gasteiger partial charge < -0.3 is 25.6 Å². The van der Waals surface area contributed by atoms with Gasteiger partial charge in [0.1, 0.15) is 17.7 Å². The fraction of sp³-hybridized carbons (Fsp3) is 0.440. The van der Waals surface area contributed by atoms with Crippen LogP contribution in [-0.4, -0.2) is 54.2 Å². The van der Waals surface area contributed by atoms with Gasteiger partial charge in [-0.1, -0.05) is 6.42 Å². The molecule has 5 N–H and O–H groups in total. The number of nitrogens with one attached hydrogen (secondary N) is 2. The van der Waals surface area contributed by atoms with Crippen molar-refractivity contribution < 1.29 is 23.8 Å². The van der Waals surface area contributed by atoms with Gasteiger partial charge in [0.05, 0.1) is 6.61 Å². The van der Waals surface area contributed by atoms with Crippen LogP contribution in [0.5, 0.6) is 11.5 Å². The smallest absolute Gasteiger partial charge is 0.330 e. The van der Waals surface area contributed by atoms with Crippen molar-refractivity contribution in [3.63, 3.8) is 0 Å². The molecule has 0 amide bonds. The van der Waals surface area contributed by atoms with Crippen molar-refractivity contribution in [2.24, 2.45) is 5.73 Å². The minimum atomic E-state index is -1.39. The van der Waals surface area contributed by atoms with Gasteiger partial charge in [-0.15, -0.1) is 0 Å². The maximum Gasteiger partial charge on any atom is 0.330 e. The summed E-state index contributed by atoms with van der Waals surface area (Å²) in [6, 6.07) is 7.83. The molecule has 1 heterocycles. The molecule has 34 heavy (non-hydrogen) atoms. The number of piperidine rings is 1. The van der Waals surface area contributed by atoms with E-state index in [4.69, 9.17) is 20.6 Å². The second kappa shape index (κ2) is 11.7. The van der Waals surface area contributed by atoms with Gasteiger partial charge in [0.2, 0.25) is 0 Å². The van der Waals surface area contributed by atoms with Crippen molar-refractivity contribution in [1.29, 1.82) is 5.41 Å². The van der Waals surface area contributed by atoms with Crippen LogP contribution in [0.15, 0.2) is 36.4 Å². The zero-order valence-corrected chi connectivity index (χ0v) is 19.6. The third kappa shape index (κ3) is 6.60. The Bertz CT molecular complexity index is 993. The highest BCUT2D eigenvalue weighted by Gasteiger charge is 2.27. The number of aliphatic carboxylic acids is 1. The summed E-state index contributed by atoms with van der Waals surface area (Å²) in [6.07, 6.45) is 3.23. The molecule has 184 valence electrons. The molecule has 1 saturated heterocycles. The number of carboxylic acid groups (broad SMARTS) is 1. The van der Waals surface area contributed by atoms with Crippen LogP contribution in [-0.2, 0) is 4.79 Å². The highest BCUT2D eigenvalue weighted by molar-refractivity contribution is 5.95. The molecule has 0 radical (unpaired) electrons. The minimum Gasteiger partial charge on any atom is -0.494 e. The molecular weight excluding hydrogens is 439 g/mol. The van der Waals surface area contributed by atoms with E-state index in [-0.39, 0.29) is 23.3 Å². The SMILES string of the molecule is CCOc1cc(O[C@H](C)CN2CCCCC2)c(F)c(C(Nc2ccc(C(=N)N)cc2)C(=O)O)c1. The molecule has 0 aromatic heterocycles. The summed E-state index contributed by atoms with van der Waals surface area (Å²) in [5, 5.41) is 20.2. The Hall–Kier alpha value is -3.33. The second-order valence-electron chi connectivity index (χ2n) is 8.45. The van der Waals surface area contributed by atoms with Gasteiger partial charge in [-0.2, -0.15) is 0 Å². The number of nitrogens with two attached hydrogens (primary N) is 1. The highest BCUT2D eigenvalue weighted by atomic mass is 19.1. The van der Waals surface area contributed by atoms with E-state index in [2.05, 4.69) is 10.2 Å². The average molecular weight is 473 g/mol. The summed E-state index contributed by atoms with van der Waals surface area (Å²) >= 11 is 0. The van der Waals surface area contributed by atoms with Crippen LogP contribution in [0.4, 0.5) is 10.1 Å². The predicted octanol–water partition coefficient (Wildman–Crippen LogP) is 4.00. The lowest BCUT2D eigenvalue weighted by atomic mass is 10.0. The Morgan fingerprint density at radius 2 is 1.91 bits per heavy atom. The summed E-state index contributed by atoms with van der Waals surface area (Å²) < 4.78 is 27.1. The number of ether oxygens (including phenoxy) is 2. The first-order valence-electron chi connectivity index (χ1n) is 11.6. The van der Waals surface area contributed by atoms with E-state index in [1.807, 2.05) is 6.92 Å². The Morgan fingerprint density at radius 3 is 2.50 bits per heavy atom. The Kier molecular flexibility index (Phi) is 8.70. The quantitative estimate of drug-likeness (QED) is 0.288. The molecule has 2 aromatic carbocycles. The fourth-order valence-electron chi connectivity index (χ4n) is 4.08. The molecule has 2 atom stereocenters. The number of nitrogen functional groups attached to an aromatic ring is 1. The van der Waals surface area contributed by atoms with Crippen LogP contribution in [0.2, 0.25) is 0 Å². The summed E-state index contributed by atoms with van der Waals surface area (Å²) in [5.41, 5.74) is 6.33. The molecule has 1 aliphatic rings. The number of anilines is 1. The van der Waals surface area contributed by atoms with Crippen molar-refractivity contribution >= 4 is 17.5 Å². The number of likely N-dealkylation sites (tertiary alicyclic amines) is 1. The molecular formula is C25H33FN4O4. The van der Waals surface area contributed by atoms with Gasteiger partial charge in [-0.25, -0.2) is 9.18 Å². The van der Waals surface area contributed by atoms with E-state index in [1.165, 1.54) is 18.6 Å². The third-order valence-electron chi connectivity index (χ3n) is 5.71. The number of nitrogens with zero attached hydrogens (tertiary/aromatic N) is 1. The monoisotopic (exact) mass is 472 g/mol. The van der Waals surface area contributed by atoms with Crippen LogP contribution in [0, 0.1) is 11.2 Å². The first-order chi connectivity index (χ1) is 16.3. The molecule has 0 bridgehead atoms. The van der Waals surface area contributed by atoms with Gasteiger partial charge in [-0.3, -0.25) is 10.3 Å². The van der Waals surface area contributed by atoms with Crippen LogP contribution in [0.3, 0.4) is 0 Å². The lowest BCUT2D eigenvalue weighted by Crippen LogP contribution is -2.37. The minimum absolute atomic E-state index is 0.0366. The highest BCUT2D eigenvalue weighted by Crippen LogP contribution is 2.34. The molecule has 2 aromatic rings. The first-order valence-corrected chi connectivity index (χ1v) is 11.6. The van der Waals surface area contributed by atoms with Gasteiger partial charge in [0.25, 0.3) is 0 Å². The standard InChI is InChI=1S/C25H33FN4O4/c1-3-33-19-13-20(23(25(31)32)29-18-9-7-17(8-10-18)24(27)28)22(26)21(14-19)34-16(2)15-30-11-5-4-6-12-30/h7-10,13-14,16,23,29H,3-6,11-12,15H2,1-2H3,(H3,27,28)(H,31,32)/t16-,23?/m1/s1. The summed E-state index contributed by atoms with van der Waals surface area (Å²) in [7, 11) is 0. The van der Waals surface area contributed by atoms with E-state index < -0.39 is 17.8 Å². The lowest BCUT2D eigenvalue weighted by molar-refractivity contribution is -0.138. The van der Waals surface area contributed by atoms with E-state index in [0.717, 1.165) is 25.9 Å². The zero-order chi connectivity index (χ0) is 24.7. The lowest BCUT2D eigenvalue weighted by Gasteiger charge is -2.29. The summed E-state index contributed by atoms with van der Waals surface area (Å²) in [5.74, 6) is -1.80. The predicted molar refractivity (Wildman–Crippen MR) is 129 cm³/mol. The van der Waals surface area contributed by atoms with Crippen molar-refractivity contribution in [1.82, 2.24) is 4.90 Å². The van der Waals surface area contributed by atoms with E-state index in [0.29, 0.717) is 30.2 Å². The zero-order valence-electron chi connectivity index (χ0n) is 19.6. The second-order valence-corrected chi connectivity index (χ2v) is 8.45. The molecule has 0 aliphatic carbocycles. The van der Waals surface area contributed by atoms with Gasteiger partial charge in [0.15, 0.2) is 17.6 Å². The third-order valence-corrected chi connectivity index (χ3v) is 5.71. The molecule has 3 rings (SSSR count).